The van der Waals surface area contributed by atoms with E-state index in [2.05, 4.69) is 4.98 Å². The largest absolute Gasteiger partial charge is 0.456 e. The highest BCUT2D eigenvalue weighted by Gasteiger charge is 2.09. The highest BCUT2D eigenvalue weighted by Crippen LogP contribution is 2.23. The molecule has 0 amide bonds. The number of non-ortho nitro benzene ring substituents is 1. The van der Waals surface area contributed by atoms with Crippen molar-refractivity contribution in [3.05, 3.63) is 75.5 Å². The Hall–Kier alpha value is -3.26. The van der Waals surface area contributed by atoms with Gasteiger partial charge in [0.2, 0.25) is 5.89 Å². The summed E-state index contributed by atoms with van der Waals surface area (Å²) in [5.74, 6) is -0.0969. The zero-order chi connectivity index (χ0) is 17.6. The Morgan fingerprint density at radius 2 is 2.24 bits per heavy atom. The van der Waals surface area contributed by atoms with Crippen LogP contribution < -0.4 is 0 Å². The van der Waals surface area contributed by atoms with E-state index in [1.54, 1.807) is 12.1 Å². The molecule has 0 N–H and O–H groups in total. The first kappa shape index (κ1) is 16.6. The van der Waals surface area contributed by atoms with Crippen LogP contribution in [0, 0.1) is 10.1 Å². The monoisotopic (exact) mass is 356 g/mol. The second kappa shape index (κ2) is 7.54. The third-order valence-electron chi connectivity index (χ3n) is 3.14. The molecule has 0 unspecified atom stereocenters. The van der Waals surface area contributed by atoms with Crippen LogP contribution in [-0.4, -0.2) is 15.9 Å². The zero-order valence-corrected chi connectivity index (χ0v) is 13.6. The molecule has 3 aromatic rings. The number of esters is 1. The molecule has 8 heteroatoms. The summed E-state index contributed by atoms with van der Waals surface area (Å²) in [6, 6.07) is 9.73. The number of hydrogen-bond donors (Lipinski definition) is 0. The van der Waals surface area contributed by atoms with Crippen molar-refractivity contribution in [2.24, 2.45) is 0 Å². The molecule has 0 aliphatic heterocycles. The molecular formula is C17H12N2O5S. The van der Waals surface area contributed by atoms with Gasteiger partial charge in [0.1, 0.15) is 18.6 Å². The Bertz CT molecular complexity index is 915. The third-order valence-corrected chi connectivity index (χ3v) is 4.00. The minimum atomic E-state index is -0.577. The summed E-state index contributed by atoms with van der Waals surface area (Å²) >= 11 is 1.50. The maximum atomic E-state index is 11.7. The fourth-order valence-corrected chi connectivity index (χ4v) is 2.64. The average Bonchev–Trinajstić information content (AvgIpc) is 3.29. The van der Waals surface area contributed by atoms with Crippen LogP contribution in [0.15, 0.2) is 58.5 Å². The van der Waals surface area contributed by atoms with E-state index in [-0.39, 0.29) is 12.3 Å². The predicted octanol–water partition coefficient (Wildman–Crippen LogP) is 4.07. The van der Waals surface area contributed by atoms with Crippen molar-refractivity contribution in [2.45, 2.75) is 6.61 Å². The van der Waals surface area contributed by atoms with E-state index >= 15 is 0 Å². The van der Waals surface area contributed by atoms with Gasteiger partial charge in [0, 0.05) is 18.2 Å². The number of carbonyl (C=O) groups excluding carboxylic acids is 1. The number of benzene rings is 1. The summed E-state index contributed by atoms with van der Waals surface area (Å²) in [6.07, 6.45) is 4.10. The van der Waals surface area contributed by atoms with Crippen LogP contribution in [0.4, 0.5) is 5.69 Å². The summed E-state index contributed by atoms with van der Waals surface area (Å²) in [6.45, 7) is -0.0208. The number of oxazole rings is 1. The minimum absolute atomic E-state index is 0.0208. The first-order valence-electron chi connectivity index (χ1n) is 7.19. The number of carbonyl (C=O) groups is 1. The molecule has 0 spiro atoms. The molecule has 0 aliphatic carbocycles. The number of thiophene rings is 1. The minimum Gasteiger partial charge on any atom is -0.456 e. The number of ether oxygens (including phenoxy) is 1. The molecule has 3 rings (SSSR count). The van der Waals surface area contributed by atoms with Gasteiger partial charge in [-0.05, 0) is 23.1 Å². The number of nitro benzene ring substituents is 1. The van der Waals surface area contributed by atoms with Gasteiger partial charge in [-0.15, -0.1) is 11.3 Å². The van der Waals surface area contributed by atoms with Gasteiger partial charge in [-0.2, -0.15) is 0 Å². The van der Waals surface area contributed by atoms with E-state index in [0.717, 1.165) is 4.88 Å². The van der Waals surface area contributed by atoms with Crippen molar-refractivity contribution >= 4 is 29.1 Å². The Labute approximate surface area is 146 Å². The molecule has 0 fully saturated rings. The topological polar surface area (TPSA) is 95.5 Å². The van der Waals surface area contributed by atoms with Gasteiger partial charge in [-0.25, -0.2) is 9.78 Å². The molecule has 1 aromatic carbocycles. The molecule has 0 saturated heterocycles. The average molecular weight is 356 g/mol. The van der Waals surface area contributed by atoms with Gasteiger partial charge >= 0.3 is 5.97 Å². The van der Waals surface area contributed by atoms with Crippen molar-refractivity contribution in [1.82, 2.24) is 4.98 Å². The number of hydrogen-bond acceptors (Lipinski definition) is 7. The molecule has 126 valence electrons. The number of rotatable bonds is 6. The van der Waals surface area contributed by atoms with Crippen LogP contribution in [-0.2, 0) is 16.1 Å². The molecular weight excluding hydrogens is 344 g/mol. The van der Waals surface area contributed by atoms with E-state index in [9.17, 15) is 14.9 Å². The molecule has 2 heterocycles. The number of aromatic nitrogens is 1. The Morgan fingerprint density at radius 1 is 1.36 bits per heavy atom. The van der Waals surface area contributed by atoms with Crippen LogP contribution in [0.25, 0.3) is 16.8 Å². The molecule has 0 aliphatic rings. The van der Waals surface area contributed by atoms with Crippen molar-refractivity contribution in [1.29, 1.82) is 0 Å². The second-order valence-electron chi connectivity index (χ2n) is 4.91. The highest BCUT2D eigenvalue weighted by molar-refractivity contribution is 7.13. The Kier molecular flexibility index (Phi) is 5.00. The third kappa shape index (κ3) is 4.39. The molecule has 25 heavy (non-hydrogen) atoms. The predicted molar refractivity (Wildman–Crippen MR) is 91.7 cm³/mol. The van der Waals surface area contributed by atoms with Crippen LogP contribution in [0.1, 0.15) is 11.3 Å². The Balaban J connectivity index is 1.56. The number of nitro groups is 1. The normalized spacial score (nSPS) is 10.9. The first-order chi connectivity index (χ1) is 12.1. The van der Waals surface area contributed by atoms with Crippen LogP contribution in [0.5, 0.6) is 0 Å². The summed E-state index contributed by atoms with van der Waals surface area (Å²) < 4.78 is 10.4. The van der Waals surface area contributed by atoms with Gasteiger partial charge in [-0.1, -0.05) is 18.2 Å². The molecule has 0 saturated carbocycles. The maximum absolute atomic E-state index is 11.7. The van der Waals surface area contributed by atoms with E-state index < -0.39 is 10.9 Å². The standard InChI is InChI=1S/C17H12N2O5S/c20-16(7-6-12-3-1-4-14(9-12)19(21)22)23-10-13-11-24-17(18-13)15-5-2-8-25-15/h1-9,11H,10H2/b7-6+. The summed E-state index contributed by atoms with van der Waals surface area (Å²) in [7, 11) is 0. The lowest BCUT2D eigenvalue weighted by atomic mass is 10.2. The fourth-order valence-electron chi connectivity index (χ4n) is 1.99. The van der Waals surface area contributed by atoms with Gasteiger partial charge in [0.05, 0.1) is 9.80 Å². The lowest BCUT2D eigenvalue weighted by molar-refractivity contribution is -0.384. The van der Waals surface area contributed by atoms with E-state index in [4.69, 9.17) is 9.15 Å². The molecule has 2 aromatic heterocycles. The summed E-state index contributed by atoms with van der Waals surface area (Å²) in [5, 5.41) is 12.6. The van der Waals surface area contributed by atoms with Crippen LogP contribution in [0.2, 0.25) is 0 Å². The second-order valence-corrected chi connectivity index (χ2v) is 5.86. The first-order valence-corrected chi connectivity index (χ1v) is 8.07. The van der Waals surface area contributed by atoms with Crippen molar-refractivity contribution in [3.8, 4) is 10.8 Å². The van der Waals surface area contributed by atoms with Crippen molar-refractivity contribution in [2.75, 3.05) is 0 Å². The van der Waals surface area contributed by atoms with E-state index in [0.29, 0.717) is 17.1 Å². The molecule has 0 atom stereocenters. The molecule has 0 bridgehead atoms. The van der Waals surface area contributed by atoms with Gasteiger partial charge < -0.3 is 9.15 Å². The summed E-state index contributed by atoms with van der Waals surface area (Å²) in [5.41, 5.74) is 0.993. The SMILES string of the molecule is O=C(/C=C/c1cccc([N+](=O)[O-])c1)OCc1coc(-c2cccs2)n1. The van der Waals surface area contributed by atoms with Crippen LogP contribution in [0.3, 0.4) is 0 Å². The molecule has 7 nitrogen and oxygen atoms in total. The molecule has 0 radical (unpaired) electrons. The van der Waals surface area contributed by atoms with Crippen molar-refractivity contribution < 1.29 is 18.9 Å². The highest BCUT2D eigenvalue weighted by atomic mass is 32.1. The number of nitrogens with zero attached hydrogens (tertiary/aromatic N) is 2. The van der Waals surface area contributed by atoms with E-state index in [1.165, 1.54) is 41.9 Å². The van der Waals surface area contributed by atoms with Crippen LogP contribution >= 0.6 is 11.3 Å². The van der Waals surface area contributed by atoms with E-state index in [1.807, 2.05) is 17.5 Å². The lowest BCUT2D eigenvalue weighted by Gasteiger charge is -1.98. The maximum Gasteiger partial charge on any atom is 0.331 e. The van der Waals surface area contributed by atoms with Gasteiger partial charge in [-0.3, -0.25) is 10.1 Å². The summed E-state index contributed by atoms with van der Waals surface area (Å²) in [4.78, 5) is 27.1. The van der Waals surface area contributed by atoms with Crippen molar-refractivity contribution in [3.63, 3.8) is 0 Å². The van der Waals surface area contributed by atoms with Gasteiger partial charge in [0.15, 0.2) is 0 Å². The van der Waals surface area contributed by atoms with Gasteiger partial charge in [0.25, 0.3) is 5.69 Å². The smallest absolute Gasteiger partial charge is 0.331 e. The fraction of sp³-hybridized carbons (Fsp3) is 0.0588. The Morgan fingerprint density at radius 3 is 3.00 bits per heavy atom. The quantitative estimate of drug-likeness (QED) is 0.286. The lowest BCUT2D eigenvalue weighted by Crippen LogP contribution is -2.00. The zero-order valence-electron chi connectivity index (χ0n) is 12.8.